The van der Waals surface area contributed by atoms with E-state index in [0.717, 1.165) is 50.9 Å². The van der Waals surface area contributed by atoms with Crippen molar-refractivity contribution >= 4 is 57.8 Å². The zero-order valence-corrected chi connectivity index (χ0v) is 30.0. The molecule has 3 aliphatic heterocycles. The molecule has 53 heavy (non-hydrogen) atoms. The summed E-state index contributed by atoms with van der Waals surface area (Å²) in [5.41, 5.74) is 8.75. The smallest absolute Gasteiger partial charge is 0.257 e. The van der Waals surface area contributed by atoms with E-state index in [1.807, 2.05) is 37.4 Å². The summed E-state index contributed by atoms with van der Waals surface area (Å²) in [6.07, 6.45) is 2.43. The van der Waals surface area contributed by atoms with Gasteiger partial charge in [0.1, 0.15) is 12.2 Å². The zero-order valence-electron chi connectivity index (χ0n) is 30.0. The zero-order chi connectivity index (χ0) is 37.0. The Bertz CT molecular complexity index is 2310. The number of piperidine rings is 1. The van der Waals surface area contributed by atoms with Crippen molar-refractivity contribution in [2.24, 2.45) is 7.05 Å². The summed E-state index contributed by atoms with van der Waals surface area (Å²) in [6.45, 7) is 6.61. The number of benzene rings is 3. The van der Waals surface area contributed by atoms with Crippen LogP contribution in [0.15, 0.2) is 60.8 Å². The number of amides is 4. The Kier molecular flexibility index (Phi) is 8.51. The highest BCUT2D eigenvalue weighted by Crippen LogP contribution is 2.41. The van der Waals surface area contributed by atoms with E-state index in [1.54, 1.807) is 15.8 Å². The second-order valence-electron chi connectivity index (χ2n) is 13.9. The van der Waals surface area contributed by atoms with E-state index in [9.17, 15) is 19.2 Å². The Morgan fingerprint density at radius 3 is 2.55 bits per heavy atom. The van der Waals surface area contributed by atoms with Crippen LogP contribution in [0.3, 0.4) is 0 Å². The van der Waals surface area contributed by atoms with Crippen molar-refractivity contribution in [2.45, 2.75) is 65.3 Å². The van der Waals surface area contributed by atoms with Crippen LogP contribution in [-0.2, 0) is 40.9 Å². The number of nitrogens with one attached hydrogen (secondary N) is 4. The predicted octanol–water partition coefficient (Wildman–Crippen LogP) is 4.29. The number of para-hydroxylation sites is 1. The molecule has 5 aromatic rings. The number of hydrogen-bond acceptors (Lipinski definition) is 10. The summed E-state index contributed by atoms with van der Waals surface area (Å²) < 4.78 is 1.73. The summed E-state index contributed by atoms with van der Waals surface area (Å²) in [4.78, 5) is 64.6. The second kappa shape index (κ2) is 13.3. The van der Waals surface area contributed by atoms with Crippen molar-refractivity contribution in [1.82, 2.24) is 35.3 Å². The molecule has 4 N–H and O–H groups in total. The lowest BCUT2D eigenvalue weighted by Gasteiger charge is -2.40. The number of aromatic nitrogens is 4. The van der Waals surface area contributed by atoms with Gasteiger partial charge in [0.15, 0.2) is 11.5 Å². The fourth-order valence-electron chi connectivity index (χ4n) is 7.74. The molecule has 0 radical (unpaired) electrons. The van der Waals surface area contributed by atoms with Gasteiger partial charge in [-0.1, -0.05) is 48.5 Å². The summed E-state index contributed by atoms with van der Waals surface area (Å²) in [6, 6.07) is 17.4. The second-order valence-corrected chi connectivity index (χ2v) is 13.9. The van der Waals surface area contributed by atoms with E-state index < -0.39 is 18.1 Å². The van der Waals surface area contributed by atoms with Crippen molar-refractivity contribution in [3.63, 3.8) is 0 Å². The lowest BCUT2D eigenvalue weighted by molar-refractivity contribution is -0.137. The van der Waals surface area contributed by atoms with E-state index in [1.165, 1.54) is 6.92 Å². The quantitative estimate of drug-likeness (QED) is 0.171. The van der Waals surface area contributed by atoms with Crippen molar-refractivity contribution in [2.75, 3.05) is 22.1 Å². The molecule has 3 aliphatic rings. The van der Waals surface area contributed by atoms with Crippen LogP contribution in [0.4, 0.5) is 23.1 Å². The summed E-state index contributed by atoms with van der Waals surface area (Å²) in [5.74, 6) is -0.214. The first kappa shape index (κ1) is 33.8. The monoisotopic (exact) mass is 712 g/mol. The molecule has 2 aromatic heterocycles. The molecular weight excluding hydrogens is 672 g/mol. The van der Waals surface area contributed by atoms with Crippen LogP contribution in [-0.4, -0.2) is 60.9 Å². The maximum absolute atomic E-state index is 14.3. The normalized spacial score (nSPS) is 18.2. The first-order chi connectivity index (χ1) is 25.5. The average Bonchev–Trinajstić information content (AvgIpc) is 3.63. The number of carbonyl (C=O) groups excluding carboxylic acids is 4. The standard InChI is InChI=1S/C39H40N10O4/c1-21-8-7-9-22(2)33(21)43-34-28-19-41-39(44-35(28)47(4)46-34)45-36-27-11-6-5-10-25(27)14-15-48(36)30-17-24(18-40-23(3)50)16-26-20-49(38(53)32(26)30)29-12-13-31(51)42-37(29)52/h5-11,16-17,19,29,36H,12-15,18,20H2,1-4H3,(H,40,50)(H,43,46)(H,41,44,45)(H,42,51,52). The van der Waals surface area contributed by atoms with E-state index in [-0.39, 0.29) is 43.7 Å². The van der Waals surface area contributed by atoms with Gasteiger partial charge in [-0.15, -0.1) is 0 Å². The minimum absolute atomic E-state index is 0.163. The third kappa shape index (κ3) is 6.19. The number of nitrogens with zero attached hydrogens (tertiary/aromatic N) is 6. The maximum atomic E-state index is 14.3. The SMILES string of the molecule is CC(=O)NCc1cc2c(c(N3CCc4ccccc4C3Nc3ncc4c(Nc5c(C)cccc5C)nn(C)c4n3)c1)C(=O)N(C1CCC(=O)NC1=O)C2. The van der Waals surface area contributed by atoms with E-state index in [2.05, 4.69) is 64.3 Å². The Balaban J connectivity index is 1.18. The van der Waals surface area contributed by atoms with E-state index in [0.29, 0.717) is 35.2 Å². The van der Waals surface area contributed by atoms with Gasteiger partial charge in [-0.2, -0.15) is 10.1 Å². The van der Waals surface area contributed by atoms with Gasteiger partial charge in [0.05, 0.1) is 16.6 Å². The van der Waals surface area contributed by atoms with Crippen molar-refractivity contribution < 1.29 is 19.2 Å². The highest BCUT2D eigenvalue weighted by Gasteiger charge is 2.42. The highest BCUT2D eigenvalue weighted by molar-refractivity contribution is 6.08. The lowest BCUT2D eigenvalue weighted by atomic mass is 9.94. The van der Waals surface area contributed by atoms with Gasteiger partial charge in [-0.25, -0.2) is 9.67 Å². The molecule has 2 unspecified atom stereocenters. The fraction of sp³-hybridized carbons (Fsp3) is 0.308. The van der Waals surface area contributed by atoms with Gasteiger partial charge >= 0.3 is 0 Å². The number of anilines is 4. The molecule has 3 aromatic carbocycles. The van der Waals surface area contributed by atoms with Crippen molar-refractivity contribution in [3.8, 4) is 0 Å². The van der Waals surface area contributed by atoms with Crippen molar-refractivity contribution in [1.29, 1.82) is 0 Å². The van der Waals surface area contributed by atoms with Crippen LogP contribution < -0.4 is 26.2 Å². The molecule has 0 spiro atoms. The number of imide groups is 1. The first-order valence-electron chi connectivity index (χ1n) is 17.7. The van der Waals surface area contributed by atoms with E-state index >= 15 is 0 Å². The molecule has 0 bridgehead atoms. The summed E-state index contributed by atoms with van der Waals surface area (Å²) in [7, 11) is 1.85. The topological polar surface area (TPSA) is 166 Å². The van der Waals surface area contributed by atoms with Crippen LogP contribution in [0, 0.1) is 13.8 Å². The number of fused-ring (bicyclic) bond motifs is 3. The van der Waals surface area contributed by atoms with Gasteiger partial charge in [0.2, 0.25) is 23.7 Å². The van der Waals surface area contributed by atoms with E-state index in [4.69, 9.17) is 15.1 Å². The predicted molar refractivity (Wildman–Crippen MR) is 199 cm³/mol. The molecule has 1 fully saturated rings. The highest BCUT2D eigenvalue weighted by atomic mass is 16.2. The molecule has 0 aliphatic carbocycles. The molecule has 0 saturated carbocycles. The molecule has 14 heteroatoms. The van der Waals surface area contributed by atoms with Gasteiger partial charge in [0.25, 0.3) is 5.91 Å². The maximum Gasteiger partial charge on any atom is 0.257 e. The van der Waals surface area contributed by atoms with Crippen LogP contribution in [0.2, 0.25) is 0 Å². The fourth-order valence-corrected chi connectivity index (χ4v) is 7.74. The van der Waals surface area contributed by atoms with Crippen LogP contribution in [0.5, 0.6) is 0 Å². The molecule has 14 nitrogen and oxygen atoms in total. The number of aryl methyl sites for hydroxylation is 3. The molecule has 5 heterocycles. The number of carbonyl (C=O) groups is 4. The largest absolute Gasteiger partial charge is 0.352 e. The third-order valence-corrected chi connectivity index (χ3v) is 10.4. The Morgan fingerprint density at radius 2 is 1.77 bits per heavy atom. The first-order valence-corrected chi connectivity index (χ1v) is 17.7. The summed E-state index contributed by atoms with van der Waals surface area (Å²) in [5, 5.41) is 17.9. The average molecular weight is 713 g/mol. The Morgan fingerprint density at radius 1 is 0.981 bits per heavy atom. The number of hydrogen-bond donors (Lipinski definition) is 4. The lowest BCUT2D eigenvalue weighted by Crippen LogP contribution is -2.52. The molecule has 8 rings (SSSR count). The Labute approximate surface area is 306 Å². The molecule has 4 amide bonds. The minimum Gasteiger partial charge on any atom is -0.352 e. The van der Waals surface area contributed by atoms with Crippen LogP contribution >= 0.6 is 0 Å². The molecule has 270 valence electrons. The van der Waals surface area contributed by atoms with Gasteiger partial charge in [-0.3, -0.25) is 24.5 Å². The molecule has 1 saturated heterocycles. The molecular formula is C39H40N10O4. The van der Waals surface area contributed by atoms with Gasteiger partial charge in [-0.05, 0) is 66.1 Å². The van der Waals surface area contributed by atoms with Crippen LogP contribution in [0.25, 0.3) is 11.0 Å². The third-order valence-electron chi connectivity index (χ3n) is 10.4. The van der Waals surface area contributed by atoms with Gasteiger partial charge < -0.3 is 25.8 Å². The van der Waals surface area contributed by atoms with Crippen molar-refractivity contribution in [3.05, 3.63) is 99.7 Å². The molecule has 2 atom stereocenters. The number of rotatable bonds is 8. The Hall–Kier alpha value is -6.31. The van der Waals surface area contributed by atoms with Gasteiger partial charge in [0, 0.05) is 51.9 Å². The minimum atomic E-state index is -0.761. The van der Waals surface area contributed by atoms with Crippen LogP contribution in [0.1, 0.15) is 69.7 Å². The summed E-state index contributed by atoms with van der Waals surface area (Å²) >= 11 is 0.